The average Bonchev–Trinajstić information content (AvgIpc) is 2.35. The lowest BCUT2D eigenvalue weighted by Crippen LogP contribution is -2.01. The van der Waals surface area contributed by atoms with Gasteiger partial charge in [0, 0.05) is 12.4 Å². The molecule has 0 unspecified atom stereocenters. The summed E-state index contributed by atoms with van der Waals surface area (Å²) >= 11 is 0. The van der Waals surface area contributed by atoms with Gasteiger partial charge in [-0.05, 0) is 41.0 Å². The van der Waals surface area contributed by atoms with Gasteiger partial charge in [0.15, 0.2) is 0 Å². The van der Waals surface area contributed by atoms with Crippen molar-refractivity contribution in [3.8, 4) is 0 Å². The third-order valence-corrected chi connectivity index (χ3v) is 0.545. The van der Waals surface area contributed by atoms with Crippen LogP contribution < -0.4 is 22.1 Å². The maximum absolute atomic E-state index is 8.00. The minimum atomic E-state index is 0.750. The van der Waals surface area contributed by atoms with Gasteiger partial charge in [0.2, 0.25) is 0 Å². The van der Waals surface area contributed by atoms with E-state index in [4.69, 9.17) is 16.3 Å². The van der Waals surface area contributed by atoms with E-state index in [1.807, 2.05) is 34.9 Å². The van der Waals surface area contributed by atoms with Gasteiger partial charge in [-0.2, -0.15) is 0 Å². The van der Waals surface area contributed by atoms with Crippen molar-refractivity contribution in [1.29, 1.82) is 0 Å². The first-order valence-corrected chi connectivity index (χ1v) is 5.21. The normalized spacial score (nSPS) is 6.71. The molecule has 0 radical (unpaired) electrons. The highest BCUT2D eigenvalue weighted by Crippen LogP contribution is 1.56. The average molecular weight is 249 g/mol. The van der Waals surface area contributed by atoms with Crippen LogP contribution in [-0.4, -0.2) is 47.7 Å². The Kier molecular flexibility index (Phi) is 147. The molecule has 0 heterocycles. The number of nitrogens with one attached hydrogen (secondary N) is 2. The Bertz CT molecular complexity index is 106. The standard InChI is InChI=1S/C3H6N2.C3H9N.2C2H7N.CH2O/c1-5-3-2-4;1-3-4-2;1-3-2;1-2-3;1-2/h2-3H,1,4H2;4H,3H2,1-2H3;3H,1-2H3;2-3H2,1H3;1H2/b3-2+;;;;. The second kappa shape index (κ2) is 84.2. The molecular formula is C11H31N5O. The van der Waals surface area contributed by atoms with Crippen molar-refractivity contribution < 1.29 is 4.79 Å². The number of nitrogens with zero attached hydrogens (tertiary/aromatic N) is 1. The Morgan fingerprint density at radius 2 is 1.47 bits per heavy atom. The SMILES string of the molecule is C=N/C=C/N.C=O.CCN.CCNC.CNC. The van der Waals surface area contributed by atoms with Crippen LogP contribution in [0.1, 0.15) is 13.8 Å². The van der Waals surface area contributed by atoms with Crippen LogP contribution in [0.5, 0.6) is 0 Å². The topological polar surface area (TPSA) is 106 Å². The summed E-state index contributed by atoms with van der Waals surface area (Å²) in [6.07, 6.45) is 2.74. The van der Waals surface area contributed by atoms with E-state index < -0.39 is 0 Å². The quantitative estimate of drug-likeness (QED) is 0.514. The van der Waals surface area contributed by atoms with Gasteiger partial charge in [-0.25, -0.2) is 0 Å². The van der Waals surface area contributed by atoms with E-state index in [-0.39, 0.29) is 0 Å². The lowest BCUT2D eigenvalue weighted by molar-refractivity contribution is -0.0979. The zero-order valence-electron chi connectivity index (χ0n) is 12.0. The molecule has 6 N–H and O–H groups in total. The maximum Gasteiger partial charge on any atom is 0.106 e. The third kappa shape index (κ3) is 776. The molecule has 17 heavy (non-hydrogen) atoms. The van der Waals surface area contributed by atoms with Crippen molar-refractivity contribution in [1.82, 2.24) is 10.6 Å². The highest BCUT2D eigenvalue weighted by Gasteiger charge is 1.50. The first-order valence-electron chi connectivity index (χ1n) is 5.21. The van der Waals surface area contributed by atoms with Crippen molar-refractivity contribution in [2.45, 2.75) is 13.8 Å². The van der Waals surface area contributed by atoms with Crippen molar-refractivity contribution in [3.05, 3.63) is 12.4 Å². The zero-order chi connectivity index (χ0) is 14.9. The predicted octanol–water partition coefficient (Wildman–Crippen LogP) is -0.0417. The molecule has 0 amide bonds. The van der Waals surface area contributed by atoms with Gasteiger partial charge < -0.3 is 26.9 Å². The van der Waals surface area contributed by atoms with Crippen LogP contribution in [-0.2, 0) is 4.79 Å². The maximum atomic E-state index is 8.00. The number of hydrogen-bond donors (Lipinski definition) is 4. The minimum absolute atomic E-state index is 0.750. The van der Waals surface area contributed by atoms with Crippen LogP contribution in [0.25, 0.3) is 0 Å². The second-order valence-corrected chi connectivity index (χ2v) is 2.14. The highest BCUT2D eigenvalue weighted by molar-refractivity contribution is 5.25. The molecule has 0 saturated heterocycles. The Hall–Kier alpha value is -1.24. The van der Waals surface area contributed by atoms with Gasteiger partial charge in [-0.1, -0.05) is 13.8 Å². The van der Waals surface area contributed by atoms with E-state index in [1.54, 1.807) is 0 Å². The summed E-state index contributed by atoms with van der Waals surface area (Å²) in [6.45, 7) is 10.9. The molecule has 0 aromatic carbocycles. The summed E-state index contributed by atoms with van der Waals surface area (Å²) in [7, 11) is 5.68. The third-order valence-electron chi connectivity index (χ3n) is 0.545. The molecule has 0 spiro atoms. The van der Waals surface area contributed by atoms with Gasteiger partial charge >= 0.3 is 0 Å². The summed E-state index contributed by atoms with van der Waals surface area (Å²) in [5.41, 5.74) is 9.67. The molecule has 0 bridgehead atoms. The Balaban J connectivity index is -0.0000000367. The summed E-state index contributed by atoms with van der Waals surface area (Å²) in [5, 5.41) is 5.68. The molecule has 0 atom stereocenters. The Labute approximate surface area is 107 Å². The summed E-state index contributed by atoms with van der Waals surface area (Å²) in [5.74, 6) is 0. The van der Waals surface area contributed by atoms with Gasteiger partial charge in [-0.15, -0.1) is 0 Å². The predicted molar refractivity (Wildman–Crippen MR) is 79.3 cm³/mol. The first kappa shape index (κ1) is 29.7. The molecule has 0 aliphatic carbocycles. The molecule has 106 valence electrons. The molecule has 0 saturated carbocycles. The first-order chi connectivity index (χ1) is 8.16. The smallest absolute Gasteiger partial charge is 0.106 e. The number of carbonyl (C=O) groups is 1. The summed E-state index contributed by atoms with van der Waals surface area (Å²) < 4.78 is 0. The number of aliphatic imine (C=N–C) groups is 1. The molecule has 0 aliphatic heterocycles. The number of nitrogens with two attached hydrogens (primary N) is 2. The van der Waals surface area contributed by atoms with E-state index in [1.165, 1.54) is 12.4 Å². The van der Waals surface area contributed by atoms with Crippen LogP contribution >= 0.6 is 0 Å². The lowest BCUT2D eigenvalue weighted by atomic mass is 10.8. The highest BCUT2D eigenvalue weighted by atomic mass is 16.1. The molecule has 6 heteroatoms. The van der Waals surface area contributed by atoms with E-state index in [0.29, 0.717) is 0 Å². The number of rotatable bonds is 2. The van der Waals surface area contributed by atoms with Gasteiger partial charge in [0.1, 0.15) is 6.79 Å². The Morgan fingerprint density at radius 3 is 1.47 bits per heavy atom. The zero-order valence-corrected chi connectivity index (χ0v) is 12.0. The molecule has 0 aliphatic rings. The van der Waals surface area contributed by atoms with E-state index in [2.05, 4.69) is 29.3 Å². The van der Waals surface area contributed by atoms with Crippen molar-refractivity contribution in [2.24, 2.45) is 16.5 Å². The fraction of sp³-hybridized carbons (Fsp3) is 0.636. The van der Waals surface area contributed by atoms with E-state index in [0.717, 1.165) is 13.1 Å². The molecule has 6 nitrogen and oxygen atoms in total. The van der Waals surface area contributed by atoms with E-state index in [9.17, 15) is 0 Å². The Morgan fingerprint density at radius 1 is 1.24 bits per heavy atom. The fourth-order valence-electron chi connectivity index (χ4n) is 0.0609. The van der Waals surface area contributed by atoms with Gasteiger partial charge in [0.25, 0.3) is 0 Å². The van der Waals surface area contributed by atoms with Crippen LogP contribution in [0.3, 0.4) is 0 Å². The van der Waals surface area contributed by atoms with Gasteiger partial charge in [0.05, 0.1) is 0 Å². The van der Waals surface area contributed by atoms with Crippen LogP contribution in [0.15, 0.2) is 17.4 Å². The summed E-state index contributed by atoms with van der Waals surface area (Å²) in [4.78, 5) is 11.3. The molecule has 0 aromatic rings. The van der Waals surface area contributed by atoms with Crippen molar-refractivity contribution >= 4 is 13.5 Å². The monoisotopic (exact) mass is 249 g/mol. The van der Waals surface area contributed by atoms with Crippen molar-refractivity contribution in [3.63, 3.8) is 0 Å². The van der Waals surface area contributed by atoms with Gasteiger partial charge in [-0.3, -0.25) is 4.99 Å². The molecule has 0 aromatic heterocycles. The van der Waals surface area contributed by atoms with Crippen molar-refractivity contribution in [2.75, 3.05) is 34.2 Å². The number of hydrogen-bond acceptors (Lipinski definition) is 6. The molecule has 0 rings (SSSR count). The van der Waals surface area contributed by atoms with Crippen LogP contribution in [0, 0.1) is 0 Å². The number of carbonyl (C=O) groups excluding carboxylic acids is 1. The minimum Gasteiger partial charge on any atom is -0.403 e. The molecule has 0 fully saturated rings. The van der Waals surface area contributed by atoms with E-state index >= 15 is 0 Å². The van der Waals surface area contributed by atoms with Crippen LogP contribution in [0.2, 0.25) is 0 Å². The lowest BCUT2D eigenvalue weighted by Gasteiger charge is -1.76. The second-order valence-electron chi connectivity index (χ2n) is 2.14. The fourth-order valence-corrected chi connectivity index (χ4v) is 0.0609. The molecular weight excluding hydrogens is 218 g/mol. The summed E-state index contributed by atoms with van der Waals surface area (Å²) in [6, 6.07) is 0. The largest absolute Gasteiger partial charge is 0.403 e. The van der Waals surface area contributed by atoms with Crippen LogP contribution in [0.4, 0.5) is 0 Å².